The van der Waals surface area contributed by atoms with Gasteiger partial charge in [-0.2, -0.15) is 0 Å². The molecule has 1 aliphatic rings. The highest BCUT2D eigenvalue weighted by atomic mass is 32.1. The van der Waals surface area contributed by atoms with Crippen LogP contribution in [0.15, 0.2) is 30.3 Å². The van der Waals surface area contributed by atoms with Crippen molar-refractivity contribution < 1.29 is 13.9 Å². The van der Waals surface area contributed by atoms with Crippen LogP contribution in [0.3, 0.4) is 0 Å². The predicted molar refractivity (Wildman–Crippen MR) is 123 cm³/mol. The van der Waals surface area contributed by atoms with Gasteiger partial charge in [0, 0.05) is 44.7 Å². The van der Waals surface area contributed by atoms with E-state index in [-0.39, 0.29) is 11.8 Å². The summed E-state index contributed by atoms with van der Waals surface area (Å²) >= 11 is 1.63. The van der Waals surface area contributed by atoms with Gasteiger partial charge in [-0.1, -0.05) is 17.4 Å². The van der Waals surface area contributed by atoms with Gasteiger partial charge in [0.1, 0.15) is 11.6 Å². The van der Waals surface area contributed by atoms with E-state index < -0.39 is 0 Å². The van der Waals surface area contributed by atoms with Crippen LogP contribution >= 0.6 is 11.3 Å². The molecule has 0 radical (unpaired) electrons. The molecule has 2 atom stereocenters. The molecule has 0 amide bonds. The van der Waals surface area contributed by atoms with Crippen LogP contribution in [0.2, 0.25) is 0 Å². The number of ether oxygens (including phenoxy) is 1. The van der Waals surface area contributed by atoms with Gasteiger partial charge < -0.3 is 9.64 Å². The van der Waals surface area contributed by atoms with Gasteiger partial charge in [0.2, 0.25) is 0 Å². The van der Waals surface area contributed by atoms with E-state index in [9.17, 15) is 9.18 Å². The van der Waals surface area contributed by atoms with E-state index in [4.69, 9.17) is 9.72 Å². The molecule has 0 aliphatic carbocycles. The van der Waals surface area contributed by atoms with Crippen LogP contribution in [0, 0.1) is 19.7 Å². The number of aromatic nitrogens is 1. The predicted octanol–water partition coefficient (Wildman–Crippen LogP) is 5.08. The van der Waals surface area contributed by atoms with Crippen molar-refractivity contribution in [3.8, 4) is 5.75 Å². The van der Waals surface area contributed by atoms with Crippen LogP contribution in [0.4, 0.5) is 9.52 Å². The summed E-state index contributed by atoms with van der Waals surface area (Å²) in [7, 11) is 0. The lowest BCUT2D eigenvalue weighted by atomic mass is 10.0. The van der Waals surface area contributed by atoms with E-state index in [1.165, 1.54) is 13.0 Å². The molecule has 0 saturated carbocycles. The Morgan fingerprint density at radius 3 is 2.55 bits per heavy atom. The van der Waals surface area contributed by atoms with Gasteiger partial charge >= 0.3 is 5.97 Å². The summed E-state index contributed by atoms with van der Waals surface area (Å²) < 4.78 is 20.2. The second-order valence-electron chi connectivity index (χ2n) is 8.59. The van der Waals surface area contributed by atoms with Crippen LogP contribution in [0.5, 0.6) is 5.75 Å². The van der Waals surface area contributed by atoms with Gasteiger partial charge in [0.15, 0.2) is 5.13 Å². The number of aryl methyl sites for hydroxylation is 2. The molecule has 164 valence electrons. The number of piperazine rings is 1. The fraction of sp³-hybridized carbons (Fsp3) is 0.417. The fourth-order valence-electron chi connectivity index (χ4n) is 4.35. The molecule has 0 spiro atoms. The Bertz CT molecular complexity index is 1080. The maximum Gasteiger partial charge on any atom is 0.308 e. The molecule has 31 heavy (non-hydrogen) atoms. The normalized spacial score (nSPS) is 19.7. The molecule has 7 heteroatoms. The average Bonchev–Trinajstić information content (AvgIpc) is 3.06. The van der Waals surface area contributed by atoms with Gasteiger partial charge in [-0.05, 0) is 62.6 Å². The molecule has 1 aliphatic heterocycles. The Morgan fingerprint density at radius 1 is 1.16 bits per heavy atom. The Hall–Kier alpha value is -2.51. The van der Waals surface area contributed by atoms with Crippen molar-refractivity contribution in [3.63, 3.8) is 0 Å². The minimum atomic E-state index is -0.308. The van der Waals surface area contributed by atoms with Crippen molar-refractivity contribution in [3.05, 3.63) is 52.8 Å². The number of carbonyl (C=O) groups excluding carboxylic acids is 1. The van der Waals surface area contributed by atoms with Crippen molar-refractivity contribution in [2.24, 2.45) is 0 Å². The first-order valence-corrected chi connectivity index (χ1v) is 11.4. The maximum atomic E-state index is 13.9. The molecule has 4 rings (SSSR count). The number of carbonyl (C=O) groups is 1. The standard InChI is InChI=1S/C24H28FN3O2S/c1-14-6-19(9-20(7-14)30-18(5)29)13-28-16(3)11-27(12-17(28)4)24-26-22-10-21(25)15(2)8-23(22)31-24/h6-10,16-17H,11-13H2,1-5H3/t16-,17+. The van der Waals surface area contributed by atoms with E-state index in [1.807, 2.05) is 25.1 Å². The Labute approximate surface area is 186 Å². The van der Waals surface area contributed by atoms with Crippen molar-refractivity contribution in [2.75, 3.05) is 18.0 Å². The van der Waals surface area contributed by atoms with Gasteiger partial charge in [-0.3, -0.25) is 9.69 Å². The van der Waals surface area contributed by atoms with E-state index in [0.29, 0.717) is 23.4 Å². The third-order valence-corrected chi connectivity index (χ3v) is 6.85. The lowest BCUT2D eigenvalue weighted by Crippen LogP contribution is -2.56. The topological polar surface area (TPSA) is 45.7 Å². The van der Waals surface area contributed by atoms with E-state index in [2.05, 4.69) is 29.7 Å². The summed E-state index contributed by atoms with van der Waals surface area (Å²) in [6.45, 7) is 12.2. The van der Waals surface area contributed by atoms with E-state index in [1.54, 1.807) is 18.3 Å². The highest BCUT2D eigenvalue weighted by Crippen LogP contribution is 2.33. The molecule has 1 fully saturated rings. The number of nitrogens with zero attached hydrogens (tertiary/aromatic N) is 3. The van der Waals surface area contributed by atoms with Crippen molar-refractivity contribution in [1.29, 1.82) is 0 Å². The van der Waals surface area contributed by atoms with Crippen LogP contribution < -0.4 is 9.64 Å². The van der Waals surface area contributed by atoms with Crippen molar-refractivity contribution >= 4 is 32.7 Å². The number of esters is 1. The van der Waals surface area contributed by atoms with Gasteiger partial charge in [-0.15, -0.1) is 0 Å². The van der Waals surface area contributed by atoms with Gasteiger partial charge in [-0.25, -0.2) is 9.37 Å². The minimum absolute atomic E-state index is 0.206. The summed E-state index contributed by atoms with van der Waals surface area (Å²) in [5.74, 6) is 0.0819. The minimum Gasteiger partial charge on any atom is -0.427 e. The molecule has 5 nitrogen and oxygen atoms in total. The molecule has 2 aromatic carbocycles. The zero-order chi connectivity index (χ0) is 22.3. The second kappa shape index (κ2) is 8.55. The SMILES string of the molecule is CC(=O)Oc1cc(C)cc(CN2[C@H](C)CN(c3nc4cc(F)c(C)cc4s3)C[C@@H]2C)c1. The lowest BCUT2D eigenvalue weighted by Gasteiger charge is -2.44. The summed E-state index contributed by atoms with van der Waals surface area (Å²) in [5, 5.41) is 0.950. The third-order valence-electron chi connectivity index (χ3n) is 5.77. The van der Waals surface area contributed by atoms with Crippen LogP contribution in [0.1, 0.15) is 37.5 Å². The number of hydrogen-bond acceptors (Lipinski definition) is 6. The zero-order valence-electron chi connectivity index (χ0n) is 18.6. The molecular formula is C24H28FN3O2S. The third kappa shape index (κ3) is 4.72. The molecule has 3 aromatic rings. The van der Waals surface area contributed by atoms with Crippen LogP contribution in [-0.4, -0.2) is 41.0 Å². The second-order valence-corrected chi connectivity index (χ2v) is 9.60. The lowest BCUT2D eigenvalue weighted by molar-refractivity contribution is -0.131. The zero-order valence-corrected chi connectivity index (χ0v) is 19.4. The molecule has 0 N–H and O–H groups in total. The summed E-state index contributed by atoms with van der Waals surface area (Å²) in [5.41, 5.74) is 3.59. The van der Waals surface area contributed by atoms with E-state index >= 15 is 0 Å². The largest absolute Gasteiger partial charge is 0.427 e. The van der Waals surface area contributed by atoms with Crippen LogP contribution in [-0.2, 0) is 11.3 Å². The molecule has 2 heterocycles. The Balaban J connectivity index is 1.51. The average molecular weight is 442 g/mol. The number of benzene rings is 2. The first-order chi connectivity index (χ1) is 14.7. The maximum absolute atomic E-state index is 13.9. The number of fused-ring (bicyclic) bond motifs is 1. The molecular weight excluding hydrogens is 413 g/mol. The summed E-state index contributed by atoms with van der Waals surface area (Å²) in [6, 6.07) is 10.0. The van der Waals surface area contributed by atoms with Gasteiger partial charge in [0.05, 0.1) is 10.2 Å². The summed E-state index contributed by atoms with van der Waals surface area (Å²) in [6.07, 6.45) is 0. The fourth-order valence-corrected chi connectivity index (χ4v) is 5.41. The highest BCUT2D eigenvalue weighted by molar-refractivity contribution is 7.22. The quantitative estimate of drug-likeness (QED) is 0.418. The number of thiazole rings is 1. The smallest absolute Gasteiger partial charge is 0.308 e. The number of rotatable bonds is 4. The molecule has 1 aromatic heterocycles. The number of halogens is 1. The molecule has 0 unspecified atom stereocenters. The number of anilines is 1. The highest BCUT2D eigenvalue weighted by Gasteiger charge is 2.31. The Kier molecular flexibility index (Phi) is 5.99. The first-order valence-electron chi connectivity index (χ1n) is 10.6. The molecule has 1 saturated heterocycles. The first kappa shape index (κ1) is 21.7. The van der Waals surface area contributed by atoms with Crippen LogP contribution in [0.25, 0.3) is 10.2 Å². The summed E-state index contributed by atoms with van der Waals surface area (Å²) in [4.78, 5) is 20.8. The number of hydrogen-bond donors (Lipinski definition) is 0. The monoisotopic (exact) mass is 441 g/mol. The van der Waals surface area contributed by atoms with Gasteiger partial charge in [0.25, 0.3) is 0 Å². The molecule has 0 bridgehead atoms. The Morgan fingerprint density at radius 2 is 1.87 bits per heavy atom. The van der Waals surface area contributed by atoms with E-state index in [0.717, 1.165) is 46.1 Å². The van der Waals surface area contributed by atoms with Crippen molar-refractivity contribution in [2.45, 2.75) is 53.2 Å². The van der Waals surface area contributed by atoms with Crippen molar-refractivity contribution in [1.82, 2.24) is 9.88 Å².